The largest absolute Gasteiger partial charge is 0.360 e. The Kier molecular flexibility index (Phi) is 5.23. The van der Waals surface area contributed by atoms with E-state index in [1.807, 2.05) is 13.0 Å². The maximum absolute atomic E-state index is 12.2. The van der Waals surface area contributed by atoms with Gasteiger partial charge in [0.15, 0.2) is 0 Å². The molecule has 0 aliphatic heterocycles. The van der Waals surface area contributed by atoms with Crippen LogP contribution in [0.1, 0.15) is 25.2 Å². The highest BCUT2D eigenvalue weighted by atomic mass is 32.1. The highest BCUT2D eigenvalue weighted by molar-refractivity contribution is 7.17. The molecule has 3 rings (SSSR count). The van der Waals surface area contributed by atoms with Gasteiger partial charge in [0.1, 0.15) is 22.3 Å². The molecule has 1 amide bonds. The van der Waals surface area contributed by atoms with Crippen LogP contribution in [0, 0.1) is 12.8 Å². The van der Waals surface area contributed by atoms with Crippen LogP contribution in [0.5, 0.6) is 0 Å². The molecule has 0 aliphatic carbocycles. The third-order valence-electron chi connectivity index (χ3n) is 3.60. The number of nitrogens with one attached hydrogen (secondary N) is 2. The number of hydrogen-bond donors (Lipinski definition) is 2. The number of anilines is 2. The molecule has 2 N–H and O–H groups in total. The highest BCUT2D eigenvalue weighted by Crippen LogP contribution is 2.31. The first kappa shape index (κ1) is 17.3. The normalized spacial score (nSPS) is 11.0. The summed E-state index contributed by atoms with van der Waals surface area (Å²) in [5.74, 6) is 2.33. The van der Waals surface area contributed by atoms with E-state index in [9.17, 15) is 4.79 Å². The molecule has 0 bridgehead atoms. The molecule has 130 valence electrons. The molecule has 0 saturated carbocycles. The summed E-state index contributed by atoms with van der Waals surface area (Å²) in [5.41, 5.74) is 1.22. The summed E-state index contributed by atoms with van der Waals surface area (Å²) in [6.07, 6.45) is 2.60. The number of fused-ring (bicyclic) bond motifs is 1. The summed E-state index contributed by atoms with van der Waals surface area (Å²) in [5, 5.41) is 9.09. The molecular formula is C18H21N5OS. The van der Waals surface area contributed by atoms with E-state index < -0.39 is 0 Å². The van der Waals surface area contributed by atoms with E-state index in [-0.39, 0.29) is 12.5 Å². The summed E-state index contributed by atoms with van der Waals surface area (Å²) in [4.78, 5) is 26.2. The lowest BCUT2D eigenvalue weighted by Crippen LogP contribution is -2.23. The second-order valence-electron chi connectivity index (χ2n) is 6.28. The van der Waals surface area contributed by atoms with E-state index in [4.69, 9.17) is 0 Å². The van der Waals surface area contributed by atoms with Crippen LogP contribution in [-0.4, -0.2) is 27.4 Å². The summed E-state index contributed by atoms with van der Waals surface area (Å²) < 4.78 is 0. The first-order valence-electron chi connectivity index (χ1n) is 8.22. The maximum atomic E-state index is 12.2. The number of amides is 1. The zero-order chi connectivity index (χ0) is 17.8. The first-order chi connectivity index (χ1) is 12.0. The average Bonchev–Trinajstić information content (AvgIpc) is 2.95. The van der Waals surface area contributed by atoms with Gasteiger partial charge in [-0.1, -0.05) is 19.9 Å². The molecule has 0 aromatic carbocycles. The second-order valence-corrected chi connectivity index (χ2v) is 7.13. The molecular weight excluding hydrogens is 334 g/mol. The number of thiophene rings is 1. The molecule has 25 heavy (non-hydrogen) atoms. The molecule has 0 unspecified atom stereocenters. The maximum Gasteiger partial charge on any atom is 0.244 e. The predicted molar refractivity (Wildman–Crippen MR) is 102 cm³/mol. The van der Waals surface area contributed by atoms with Gasteiger partial charge in [-0.05, 0) is 42.3 Å². The van der Waals surface area contributed by atoms with Crippen LogP contribution in [0.3, 0.4) is 0 Å². The highest BCUT2D eigenvalue weighted by Gasteiger charge is 2.14. The zero-order valence-corrected chi connectivity index (χ0v) is 15.4. The summed E-state index contributed by atoms with van der Waals surface area (Å²) in [6, 6.07) is 5.39. The van der Waals surface area contributed by atoms with E-state index >= 15 is 0 Å². The number of aryl methyl sites for hydroxylation is 1. The number of carbonyl (C=O) groups is 1. The van der Waals surface area contributed by atoms with Crippen molar-refractivity contribution in [1.82, 2.24) is 15.0 Å². The van der Waals surface area contributed by atoms with Gasteiger partial charge >= 0.3 is 0 Å². The van der Waals surface area contributed by atoms with Crippen molar-refractivity contribution >= 4 is 39.1 Å². The standard InChI is InChI=1S/C18H21N5OS/c1-11(2)8-13-10-25-18-16(13)17(21-12(3)22-18)20-9-15(24)23-14-6-4-5-7-19-14/h4-7,10-11H,8-9H2,1-3H3,(H,19,23,24)(H,20,21,22). The topological polar surface area (TPSA) is 79.8 Å². The molecule has 0 fully saturated rings. The van der Waals surface area contributed by atoms with E-state index in [2.05, 4.69) is 44.8 Å². The Hall–Kier alpha value is -2.54. The van der Waals surface area contributed by atoms with Gasteiger partial charge in [0.05, 0.1) is 11.9 Å². The zero-order valence-electron chi connectivity index (χ0n) is 14.5. The second kappa shape index (κ2) is 7.57. The lowest BCUT2D eigenvalue weighted by atomic mass is 10.0. The molecule has 3 aromatic heterocycles. The Morgan fingerprint density at radius 3 is 2.84 bits per heavy atom. The van der Waals surface area contributed by atoms with Crippen molar-refractivity contribution in [2.24, 2.45) is 5.92 Å². The molecule has 0 saturated heterocycles. The summed E-state index contributed by atoms with van der Waals surface area (Å²) in [7, 11) is 0. The van der Waals surface area contributed by atoms with Crippen LogP contribution < -0.4 is 10.6 Å². The Morgan fingerprint density at radius 2 is 2.12 bits per heavy atom. The molecule has 0 atom stereocenters. The average molecular weight is 355 g/mol. The van der Waals surface area contributed by atoms with Crippen LogP contribution in [0.2, 0.25) is 0 Å². The van der Waals surface area contributed by atoms with Gasteiger partial charge in [0.25, 0.3) is 0 Å². The van der Waals surface area contributed by atoms with Gasteiger partial charge in [-0.15, -0.1) is 11.3 Å². The number of aromatic nitrogens is 3. The molecule has 0 spiro atoms. The molecule has 3 heterocycles. The van der Waals surface area contributed by atoms with Gasteiger partial charge in [-0.3, -0.25) is 4.79 Å². The number of hydrogen-bond acceptors (Lipinski definition) is 6. The fourth-order valence-electron chi connectivity index (χ4n) is 2.61. The lowest BCUT2D eigenvalue weighted by Gasteiger charge is -2.10. The van der Waals surface area contributed by atoms with Crippen LogP contribution >= 0.6 is 11.3 Å². The van der Waals surface area contributed by atoms with Crippen LogP contribution in [0.15, 0.2) is 29.8 Å². The Morgan fingerprint density at radius 1 is 1.28 bits per heavy atom. The van der Waals surface area contributed by atoms with Gasteiger partial charge in [-0.2, -0.15) is 0 Å². The molecule has 7 heteroatoms. The molecule has 6 nitrogen and oxygen atoms in total. The van der Waals surface area contributed by atoms with Gasteiger partial charge < -0.3 is 10.6 Å². The minimum Gasteiger partial charge on any atom is -0.360 e. The molecule has 0 radical (unpaired) electrons. The van der Waals surface area contributed by atoms with E-state index in [1.165, 1.54) is 5.56 Å². The van der Waals surface area contributed by atoms with Crippen molar-refractivity contribution in [3.8, 4) is 0 Å². The number of nitrogens with zero attached hydrogens (tertiary/aromatic N) is 3. The third-order valence-corrected chi connectivity index (χ3v) is 4.52. The predicted octanol–water partition coefficient (Wildman–Crippen LogP) is 3.64. The van der Waals surface area contributed by atoms with E-state index in [1.54, 1.807) is 29.7 Å². The van der Waals surface area contributed by atoms with Gasteiger partial charge in [-0.25, -0.2) is 15.0 Å². The van der Waals surface area contributed by atoms with Crippen LogP contribution in [0.25, 0.3) is 10.2 Å². The minimum absolute atomic E-state index is 0.124. The van der Waals surface area contributed by atoms with Crippen molar-refractivity contribution in [3.05, 3.63) is 41.2 Å². The van der Waals surface area contributed by atoms with Crippen molar-refractivity contribution in [2.45, 2.75) is 27.2 Å². The number of carbonyl (C=O) groups excluding carboxylic acids is 1. The summed E-state index contributed by atoms with van der Waals surface area (Å²) in [6.45, 7) is 6.36. The Balaban J connectivity index is 1.78. The monoisotopic (exact) mass is 355 g/mol. The van der Waals surface area contributed by atoms with Crippen molar-refractivity contribution in [3.63, 3.8) is 0 Å². The Bertz CT molecular complexity index is 876. The fourth-order valence-corrected chi connectivity index (χ4v) is 3.61. The van der Waals surface area contributed by atoms with E-state index in [0.29, 0.717) is 17.6 Å². The van der Waals surface area contributed by atoms with Crippen molar-refractivity contribution in [2.75, 3.05) is 17.2 Å². The minimum atomic E-state index is -0.163. The quantitative estimate of drug-likeness (QED) is 0.705. The first-order valence-corrected chi connectivity index (χ1v) is 9.10. The lowest BCUT2D eigenvalue weighted by molar-refractivity contribution is -0.114. The van der Waals surface area contributed by atoms with Gasteiger partial charge in [0.2, 0.25) is 5.91 Å². The summed E-state index contributed by atoms with van der Waals surface area (Å²) >= 11 is 1.62. The number of rotatable bonds is 6. The van der Waals surface area contributed by atoms with Crippen LogP contribution in [0.4, 0.5) is 11.6 Å². The van der Waals surface area contributed by atoms with E-state index in [0.717, 1.165) is 22.5 Å². The SMILES string of the molecule is Cc1nc(NCC(=O)Nc2ccccn2)c2c(CC(C)C)csc2n1. The van der Waals surface area contributed by atoms with Crippen molar-refractivity contribution < 1.29 is 4.79 Å². The fraction of sp³-hybridized carbons (Fsp3) is 0.333. The van der Waals surface area contributed by atoms with Gasteiger partial charge in [0, 0.05) is 6.20 Å². The van der Waals surface area contributed by atoms with Crippen LogP contribution in [-0.2, 0) is 11.2 Å². The third kappa shape index (κ3) is 4.30. The Labute approximate surface area is 150 Å². The molecule has 0 aliphatic rings. The number of pyridine rings is 1. The smallest absolute Gasteiger partial charge is 0.244 e. The molecule has 3 aromatic rings. The van der Waals surface area contributed by atoms with Crippen molar-refractivity contribution in [1.29, 1.82) is 0 Å².